The van der Waals surface area contributed by atoms with E-state index in [-0.39, 0.29) is 5.97 Å². The second-order valence-corrected chi connectivity index (χ2v) is 5.51. The zero-order valence-electron chi connectivity index (χ0n) is 14.3. The lowest BCUT2D eigenvalue weighted by molar-refractivity contribution is 0.0526. The Morgan fingerprint density at radius 1 is 0.960 bits per heavy atom. The highest BCUT2D eigenvalue weighted by Gasteiger charge is 2.12. The Hall–Kier alpha value is -3.01. The molecule has 128 valence electrons. The highest BCUT2D eigenvalue weighted by atomic mass is 16.5. The molecule has 0 unspecified atom stereocenters. The van der Waals surface area contributed by atoms with E-state index in [1.54, 1.807) is 32.2 Å². The Balaban J connectivity index is 1.81. The maximum Gasteiger partial charge on any atom is 0.338 e. The Labute approximate surface area is 146 Å². The monoisotopic (exact) mass is 336 g/mol. The van der Waals surface area contributed by atoms with Gasteiger partial charge >= 0.3 is 5.97 Å². The number of hydrogen-bond acceptors (Lipinski definition) is 4. The standard InChI is InChI=1S/C21H20O4/c1-3-24-21(22)16-11-12-19(20(13-16)23-2)25-14-17-9-6-8-15-7-4-5-10-18(15)17/h4-13H,3,14H2,1-2H3. The quantitative estimate of drug-likeness (QED) is 0.617. The summed E-state index contributed by atoms with van der Waals surface area (Å²) >= 11 is 0. The summed E-state index contributed by atoms with van der Waals surface area (Å²) in [6, 6.07) is 19.4. The molecule has 0 aromatic heterocycles. The van der Waals surface area contributed by atoms with Gasteiger partial charge in [0.2, 0.25) is 0 Å². The molecule has 4 nitrogen and oxygen atoms in total. The minimum Gasteiger partial charge on any atom is -0.493 e. The minimum atomic E-state index is -0.374. The van der Waals surface area contributed by atoms with Crippen LogP contribution in [0.4, 0.5) is 0 Å². The van der Waals surface area contributed by atoms with E-state index >= 15 is 0 Å². The van der Waals surface area contributed by atoms with Gasteiger partial charge in [0.1, 0.15) is 6.61 Å². The maximum absolute atomic E-state index is 11.8. The maximum atomic E-state index is 11.8. The van der Waals surface area contributed by atoms with Crippen molar-refractivity contribution in [2.24, 2.45) is 0 Å². The van der Waals surface area contributed by atoms with Crippen LogP contribution in [0.3, 0.4) is 0 Å². The molecule has 0 spiro atoms. The molecule has 0 radical (unpaired) electrons. The van der Waals surface area contributed by atoms with Gasteiger partial charge in [-0.05, 0) is 41.5 Å². The summed E-state index contributed by atoms with van der Waals surface area (Å²) in [4.78, 5) is 11.8. The van der Waals surface area contributed by atoms with E-state index in [0.29, 0.717) is 30.3 Å². The summed E-state index contributed by atoms with van der Waals surface area (Å²) in [5, 5.41) is 2.33. The van der Waals surface area contributed by atoms with E-state index in [1.807, 2.05) is 24.3 Å². The Morgan fingerprint density at radius 3 is 2.56 bits per heavy atom. The van der Waals surface area contributed by atoms with Gasteiger partial charge in [-0.1, -0.05) is 42.5 Å². The first-order valence-electron chi connectivity index (χ1n) is 8.17. The van der Waals surface area contributed by atoms with Crippen LogP contribution in [0, 0.1) is 0 Å². The molecular formula is C21H20O4. The van der Waals surface area contributed by atoms with Crippen LogP contribution in [0.25, 0.3) is 10.8 Å². The van der Waals surface area contributed by atoms with Crippen molar-refractivity contribution < 1.29 is 19.0 Å². The van der Waals surface area contributed by atoms with E-state index in [0.717, 1.165) is 10.9 Å². The number of rotatable bonds is 6. The molecule has 0 saturated heterocycles. The molecule has 0 heterocycles. The first-order valence-corrected chi connectivity index (χ1v) is 8.17. The van der Waals surface area contributed by atoms with Crippen LogP contribution >= 0.6 is 0 Å². The number of carbonyl (C=O) groups excluding carboxylic acids is 1. The fourth-order valence-electron chi connectivity index (χ4n) is 2.70. The van der Waals surface area contributed by atoms with Gasteiger partial charge in [0, 0.05) is 0 Å². The normalized spacial score (nSPS) is 10.5. The third-order valence-corrected chi connectivity index (χ3v) is 3.94. The van der Waals surface area contributed by atoms with Gasteiger partial charge in [-0.3, -0.25) is 0 Å². The van der Waals surface area contributed by atoms with Crippen LogP contribution in [0.1, 0.15) is 22.8 Å². The summed E-state index contributed by atoms with van der Waals surface area (Å²) in [6.45, 7) is 2.52. The van der Waals surface area contributed by atoms with E-state index in [1.165, 1.54) is 5.39 Å². The summed E-state index contributed by atoms with van der Waals surface area (Å²) in [7, 11) is 1.55. The summed E-state index contributed by atoms with van der Waals surface area (Å²) in [6.07, 6.45) is 0. The highest BCUT2D eigenvalue weighted by molar-refractivity contribution is 5.90. The lowest BCUT2D eigenvalue weighted by Gasteiger charge is -2.13. The number of esters is 1. The van der Waals surface area contributed by atoms with Crippen LogP contribution in [-0.4, -0.2) is 19.7 Å². The average molecular weight is 336 g/mol. The van der Waals surface area contributed by atoms with Gasteiger partial charge in [0.05, 0.1) is 19.3 Å². The van der Waals surface area contributed by atoms with Crippen LogP contribution in [0.5, 0.6) is 11.5 Å². The van der Waals surface area contributed by atoms with Crippen LogP contribution < -0.4 is 9.47 Å². The Morgan fingerprint density at radius 2 is 1.76 bits per heavy atom. The number of carbonyl (C=O) groups is 1. The fraction of sp³-hybridized carbons (Fsp3) is 0.190. The topological polar surface area (TPSA) is 44.8 Å². The zero-order valence-corrected chi connectivity index (χ0v) is 14.3. The third-order valence-electron chi connectivity index (χ3n) is 3.94. The van der Waals surface area contributed by atoms with Crippen LogP contribution in [0.15, 0.2) is 60.7 Å². The number of ether oxygens (including phenoxy) is 3. The molecule has 0 amide bonds. The van der Waals surface area contributed by atoms with E-state index in [2.05, 4.69) is 18.2 Å². The number of hydrogen-bond donors (Lipinski definition) is 0. The minimum absolute atomic E-state index is 0.334. The van der Waals surface area contributed by atoms with Crippen LogP contribution in [0.2, 0.25) is 0 Å². The van der Waals surface area contributed by atoms with Crippen molar-refractivity contribution in [3.63, 3.8) is 0 Å². The molecule has 0 fully saturated rings. The summed E-state index contributed by atoms with van der Waals surface area (Å²) in [5.41, 5.74) is 1.53. The first-order chi connectivity index (χ1) is 12.2. The van der Waals surface area contributed by atoms with Crippen molar-refractivity contribution in [3.05, 3.63) is 71.8 Å². The average Bonchev–Trinajstić information content (AvgIpc) is 2.66. The molecule has 4 heteroatoms. The smallest absolute Gasteiger partial charge is 0.338 e. The SMILES string of the molecule is CCOC(=O)c1ccc(OCc2cccc3ccccc23)c(OC)c1. The molecule has 0 aliphatic rings. The van der Waals surface area contributed by atoms with Gasteiger partial charge in [-0.2, -0.15) is 0 Å². The van der Waals surface area contributed by atoms with E-state index < -0.39 is 0 Å². The lowest BCUT2D eigenvalue weighted by atomic mass is 10.1. The largest absolute Gasteiger partial charge is 0.493 e. The van der Waals surface area contributed by atoms with E-state index in [9.17, 15) is 4.79 Å². The Kier molecular flexibility index (Phi) is 5.19. The molecule has 3 rings (SSSR count). The zero-order chi connectivity index (χ0) is 17.6. The van der Waals surface area contributed by atoms with Gasteiger partial charge in [0.15, 0.2) is 11.5 Å². The van der Waals surface area contributed by atoms with Crippen molar-refractivity contribution in [3.8, 4) is 11.5 Å². The van der Waals surface area contributed by atoms with Crippen molar-refractivity contribution in [2.45, 2.75) is 13.5 Å². The van der Waals surface area contributed by atoms with Crippen molar-refractivity contribution >= 4 is 16.7 Å². The third kappa shape index (κ3) is 3.74. The molecule has 3 aromatic rings. The van der Waals surface area contributed by atoms with E-state index in [4.69, 9.17) is 14.2 Å². The molecule has 0 saturated carbocycles. The predicted molar refractivity (Wildman–Crippen MR) is 97.2 cm³/mol. The molecule has 0 aliphatic carbocycles. The first kappa shape index (κ1) is 16.8. The summed E-state index contributed by atoms with van der Waals surface area (Å²) in [5.74, 6) is 0.718. The Bertz CT molecular complexity index is 881. The summed E-state index contributed by atoms with van der Waals surface area (Å²) < 4.78 is 16.3. The number of benzene rings is 3. The number of methoxy groups -OCH3 is 1. The van der Waals surface area contributed by atoms with Gasteiger partial charge in [-0.25, -0.2) is 4.79 Å². The lowest BCUT2D eigenvalue weighted by Crippen LogP contribution is -2.05. The molecule has 25 heavy (non-hydrogen) atoms. The van der Waals surface area contributed by atoms with Gasteiger partial charge in [0.25, 0.3) is 0 Å². The van der Waals surface area contributed by atoms with Gasteiger partial charge in [-0.15, -0.1) is 0 Å². The molecule has 0 atom stereocenters. The van der Waals surface area contributed by atoms with Crippen molar-refractivity contribution in [1.29, 1.82) is 0 Å². The van der Waals surface area contributed by atoms with Gasteiger partial charge < -0.3 is 14.2 Å². The molecular weight excluding hydrogens is 316 g/mol. The van der Waals surface area contributed by atoms with Crippen molar-refractivity contribution in [1.82, 2.24) is 0 Å². The molecule has 3 aromatic carbocycles. The second-order valence-electron chi connectivity index (χ2n) is 5.51. The predicted octanol–water partition coefficient (Wildman–Crippen LogP) is 4.60. The number of fused-ring (bicyclic) bond motifs is 1. The van der Waals surface area contributed by atoms with Crippen LogP contribution in [-0.2, 0) is 11.3 Å². The second kappa shape index (κ2) is 7.71. The fourth-order valence-corrected chi connectivity index (χ4v) is 2.70. The van der Waals surface area contributed by atoms with Crippen molar-refractivity contribution in [2.75, 3.05) is 13.7 Å². The highest BCUT2D eigenvalue weighted by Crippen LogP contribution is 2.30. The molecule has 0 N–H and O–H groups in total. The molecule has 0 aliphatic heterocycles. The molecule has 0 bridgehead atoms.